The Morgan fingerprint density at radius 1 is 1.11 bits per heavy atom. The number of alkyl carbamates (subject to hydrolysis) is 1. The third-order valence-corrected chi connectivity index (χ3v) is 1.88. The van der Waals surface area contributed by atoms with Gasteiger partial charge in [-0.1, -0.05) is 0 Å². The zero-order valence-electron chi connectivity index (χ0n) is 11.7. The Balaban J connectivity index is 3.45. The molecule has 0 spiro atoms. The third kappa shape index (κ3) is 11.2. The van der Waals surface area contributed by atoms with E-state index in [0.29, 0.717) is 32.5 Å². The Hall–Kier alpha value is -1.30. The molecular weight excluding hydrogens is 236 g/mol. The van der Waals surface area contributed by atoms with Crippen molar-refractivity contribution in [3.63, 3.8) is 0 Å². The molecule has 0 bridgehead atoms. The van der Waals surface area contributed by atoms with Crippen LogP contribution in [0.15, 0.2) is 0 Å². The molecule has 2 N–H and O–H groups in total. The number of hydrogen-bond acceptors (Lipinski definition) is 4. The molecule has 0 rings (SSSR count). The van der Waals surface area contributed by atoms with Crippen molar-refractivity contribution in [1.29, 1.82) is 0 Å². The molecule has 0 aliphatic heterocycles. The summed E-state index contributed by atoms with van der Waals surface area (Å²) in [6, 6.07) is 0. The van der Waals surface area contributed by atoms with E-state index < -0.39 is 11.7 Å². The normalized spacial score (nSPS) is 10.9. The van der Waals surface area contributed by atoms with Gasteiger partial charge in [0.2, 0.25) is 5.91 Å². The van der Waals surface area contributed by atoms with Gasteiger partial charge in [0.1, 0.15) is 5.60 Å². The lowest BCUT2D eigenvalue weighted by molar-refractivity contribution is -0.121. The molecule has 0 radical (unpaired) electrons. The van der Waals surface area contributed by atoms with Crippen molar-refractivity contribution in [1.82, 2.24) is 10.6 Å². The smallest absolute Gasteiger partial charge is 0.407 e. The highest BCUT2D eigenvalue weighted by Gasteiger charge is 2.15. The second kappa shape index (κ2) is 8.74. The molecule has 0 aliphatic carbocycles. The molecule has 0 saturated heterocycles. The zero-order valence-corrected chi connectivity index (χ0v) is 11.7. The van der Waals surface area contributed by atoms with Gasteiger partial charge in [-0.2, -0.15) is 0 Å². The predicted octanol–water partition coefficient (Wildman–Crippen LogP) is 1.05. The first kappa shape index (κ1) is 16.7. The Bertz CT molecular complexity index is 261. The largest absolute Gasteiger partial charge is 0.444 e. The van der Waals surface area contributed by atoms with Crippen LogP contribution in [0.1, 0.15) is 33.6 Å². The molecule has 0 aromatic rings. The van der Waals surface area contributed by atoms with Crippen LogP contribution in [-0.4, -0.2) is 44.4 Å². The van der Waals surface area contributed by atoms with Crippen LogP contribution in [0.5, 0.6) is 0 Å². The maximum Gasteiger partial charge on any atom is 0.407 e. The number of carbonyl (C=O) groups excluding carboxylic acids is 2. The van der Waals surface area contributed by atoms with Crippen molar-refractivity contribution < 1.29 is 19.1 Å². The molecule has 0 aliphatic rings. The predicted molar refractivity (Wildman–Crippen MR) is 68.4 cm³/mol. The number of rotatable bonds is 7. The Morgan fingerprint density at radius 2 is 1.72 bits per heavy atom. The van der Waals surface area contributed by atoms with Gasteiger partial charge in [-0.3, -0.25) is 4.79 Å². The standard InChI is InChI=1S/C12H24N2O4/c1-12(2,3)18-11(16)14-8-5-7-13-10(15)6-9-17-4/h5-9H2,1-4H3,(H,13,15)(H,14,16). The first-order valence-corrected chi connectivity index (χ1v) is 6.07. The van der Waals surface area contributed by atoms with Crippen LogP contribution in [0.2, 0.25) is 0 Å². The highest BCUT2D eigenvalue weighted by atomic mass is 16.6. The van der Waals surface area contributed by atoms with Crippen LogP contribution in [0.25, 0.3) is 0 Å². The first-order chi connectivity index (χ1) is 8.35. The Labute approximate surface area is 108 Å². The first-order valence-electron chi connectivity index (χ1n) is 6.07. The molecule has 0 aromatic heterocycles. The van der Waals surface area contributed by atoms with Crippen LogP contribution >= 0.6 is 0 Å². The molecule has 0 unspecified atom stereocenters. The van der Waals surface area contributed by atoms with Crippen LogP contribution in [0.4, 0.5) is 4.79 Å². The minimum atomic E-state index is -0.488. The van der Waals surface area contributed by atoms with Crippen LogP contribution in [0, 0.1) is 0 Å². The Kier molecular flexibility index (Phi) is 8.11. The highest BCUT2D eigenvalue weighted by Crippen LogP contribution is 2.06. The molecule has 0 aromatic carbocycles. The van der Waals surface area contributed by atoms with Crippen molar-refractivity contribution in [2.45, 2.75) is 39.2 Å². The second-order valence-corrected chi connectivity index (χ2v) is 4.87. The van der Waals surface area contributed by atoms with E-state index in [1.807, 2.05) is 20.8 Å². The summed E-state index contributed by atoms with van der Waals surface area (Å²) >= 11 is 0. The summed E-state index contributed by atoms with van der Waals surface area (Å²) < 4.78 is 9.85. The molecule has 0 fully saturated rings. The topological polar surface area (TPSA) is 76.7 Å². The fraction of sp³-hybridized carbons (Fsp3) is 0.833. The third-order valence-electron chi connectivity index (χ3n) is 1.88. The number of nitrogens with one attached hydrogen (secondary N) is 2. The van der Waals surface area contributed by atoms with E-state index in [1.54, 1.807) is 7.11 Å². The number of methoxy groups -OCH3 is 1. The lowest BCUT2D eigenvalue weighted by Gasteiger charge is -2.19. The lowest BCUT2D eigenvalue weighted by Crippen LogP contribution is -2.34. The summed E-state index contributed by atoms with van der Waals surface area (Å²) in [5.41, 5.74) is -0.488. The quantitative estimate of drug-likeness (QED) is 0.671. The van der Waals surface area contributed by atoms with Crippen molar-refractivity contribution in [3.05, 3.63) is 0 Å². The summed E-state index contributed by atoms with van der Waals surface area (Å²) in [7, 11) is 1.55. The molecule has 18 heavy (non-hydrogen) atoms. The highest BCUT2D eigenvalue weighted by molar-refractivity contribution is 5.75. The summed E-state index contributed by atoms with van der Waals surface area (Å²) in [5.74, 6) is -0.0471. The zero-order chi connectivity index (χ0) is 14.0. The van der Waals surface area contributed by atoms with Crippen molar-refractivity contribution in [2.24, 2.45) is 0 Å². The van der Waals surface area contributed by atoms with E-state index >= 15 is 0 Å². The molecule has 106 valence electrons. The molecule has 2 amide bonds. The average molecular weight is 260 g/mol. The van der Waals surface area contributed by atoms with E-state index in [2.05, 4.69) is 10.6 Å². The SMILES string of the molecule is COCCC(=O)NCCCNC(=O)OC(C)(C)C. The lowest BCUT2D eigenvalue weighted by atomic mass is 10.2. The number of ether oxygens (including phenoxy) is 2. The fourth-order valence-electron chi connectivity index (χ4n) is 1.10. The van der Waals surface area contributed by atoms with Gasteiger partial charge in [0.05, 0.1) is 6.61 Å². The van der Waals surface area contributed by atoms with Gasteiger partial charge in [0.15, 0.2) is 0 Å². The van der Waals surface area contributed by atoms with Crippen molar-refractivity contribution >= 4 is 12.0 Å². The molecule has 6 heteroatoms. The second-order valence-electron chi connectivity index (χ2n) is 4.87. The van der Waals surface area contributed by atoms with Gasteiger partial charge >= 0.3 is 6.09 Å². The molecule has 6 nitrogen and oxygen atoms in total. The fourth-order valence-corrected chi connectivity index (χ4v) is 1.10. The van der Waals surface area contributed by atoms with Crippen LogP contribution in [0.3, 0.4) is 0 Å². The van der Waals surface area contributed by atoms with Gasteiger partial charge in [0.25, 0.3) is 0 Å². The van der Waals surface area contributed by atoms with Gasteiger partial charge in [-0.25, -0.2) is 4.79 Å². The monoisotopic (exact) mass is 260 g/mol. The molecule has 0 heterocycles. The average Bonchev–Trinajstić information content (AvgIpc) is 2.23. The summed E-state index contributed by atoms with van der Waals surface area (Å²) in [4.78, 5) is 22.4. The maximum absolute atomic E-state index is 11.3. The van der Waals surface area contributed by atoms with Gasteiger partial charge < -0.3 is 20.1 Å². The summed E-state index contributed by atoms with van der Waals surface area (Å²) in [6.07, 6.45) is 0.585. The van der Waals surface area contributed by atoms with E-state index in [-0.39, 0.29) is 5.91 Å². The van der Waals surface area contributed by atoms with Crippen molar-refractivity contribution in [3.8, 4) is 0 Å². The van der Waals surface area contributed by atoms with Crippen molar-refractivity contribution in [2.75, 3.05) is 26.8 Å². The van der Waals surface area contributed by atoms with E-state index in [1.165, 1.54) is 0 Å². The molecular formula is C12H24N2O4. The van der Waals surface area contributed by atoms with E-state index in [0.717, 1.165) is 0 Å². The van der Waals surface area contributed by atoms with E-state index in [4.69, 9.17) is 9.47 Å². The van der Waals surface area contributed by atoms with Gasteiger partial charge in [-0.15, -0.1) is 0 Å². The van der Waals surface area contributed by atoms with Crippen LogP contribution in [-0.2, 0) is 14.3 Å². The van der Waals surface area contributed by atoms with Crippen LogP contribution < -0.4 is 10.6 Å². The molecule has 0 saturated carbocycles. The van der Waals surface area contributed by atoms with Gasteiger partial charge in [0, 0.05) is 26.6 Å². The summed E-state index contributed by atoms with van der Waals surface area (Å²) in [6.45, 7) is 6.84. The van der Waals surface area contributed by atoms with Gasteiger partial charge in [-0.05, 0) is 27.2 Å². The minimum absolute atomic E-state index is 0.0471. The van der Waals surface area contributed by atoms with E-state index in [9.17, 15) is 9.59 Å². The number of carbonyl (C=O) groups is 2. The Morgan fingerprint density at radius 3 is 2.28 bits per heavy atom. The minimum Gasteiger partial charge on any atom is -0.444 e. The maximum atomic E-state index is 11.3. The number of amides is 2. The molecule has 0 atom stereocenters. The number of hydrogen-bond donors (Lipinski definition) is 2. The summed E-state index contributed by atoms with van der Waals surface area (Å²) in [5, 5.41) is 5.35.